The number of aromatic nitrogens is 2. The molecule has 4 aromatic rings. The Kier molecular flexibility index (Phi) is 6.78. The van der Waals surface area contributed by atoms with Gasteiger partial charge in [0.05, 0.1) is 24.5 Å². The van der Waals surface area contributed by atoms with Crippen LogP contribution in [0, 0.1) is 0 Å². The molecule has 3 heterocycles. The number of methoxy groups -OCH3 is 1. The van der Waals surface area contributed by atoms with Crippen molar-refractivity contribution in [3.05, 3.63) is 96.6 Å². The predicted molar refractivity (Wildman–Crippen MR) is 147 cm³/mol. The molecule has 2 atom stereocenters. The third-order valence-corrected chi connectivity index (χ3v) is 6.68. The Morgan fingerprint density at radius 2 is 1.89 bits per heavy atom. The van der Waals surface area contributed by atoms with Crippen LogP contribution >= 0.6 is 12.2 Å². The molecule has 0 saturated carbocycles. The number of aromatic hydroxyl groups is 1. The van der Waals surface area contributed by atoms with Crippen molar-refractivity contribution in [1.29, 1.82) is 0 Å². The summed E-state index contributed by atoms with van der Waals surface area (Å²) in [4.78, 5) is 18.7. The summed E-state index contributed by atoms with van der Waals surface area (Å²) in [5.41, 5.74) is 4.16. The fourth-order valence-corrected chi connectivity index (χ4v) is 4.93. The number of pyridine rings is 1. The first-order valence-electron chi connectivity index (χ1n) is 12.0. The monoisotopic (exact) mass is 513 g/mol. The van der Waals surface area contributed by atoms with E-state index in [-0.39, 0.29) is 23.7 Å². The second-order valence-electron chi connectivity index (χ2n) is 8.60. The Bertz CT molecular complexity index is 1420. The topological polar surface area (TPSA) is 91.7 Å². The van der Waals surface area contributed by atoms with Gasteiger partial charge in [-0.2, -0.15) is 0 Å². The van der Waals surface area contributed by atoms with Gasteiger partial charge in [0.2, 0.25) is 5.91 Å². The van der Waals surface area contributed by atoms with Crippen LogP contribution in [0.5, 0.6) is 11.5 Å². The first-order valence-corrected chi connectivity index (χ1v) is 12.4. The van der Waals surface area contributed by atoms with E-state index in [1.54, 1.807) is 32.4 Å². The molecule has 1 amide bonds. The molecule has 1 fully saturated rings. The van der Waals surface area contributed by atoms with Gasteiger partial charge in [0.15, 0.2) is 5.11 Å². The number of phenolic OH excluding ortho intramolecular Hbond substituents is 1. The van der Waals surface area contributed by atoms with Crippen molar-refractivity contribution in [1.82, 2.24) is 14.9 Å². The van der Waals surface area contributed by atoms with E-state index >= 15 is 0 Å². The van der Waals surface area contributed by atoms with Crippen LogP contribution in [0.2, 0.25) is 0 Å². The number of carbonyl (C=O) groups is 1. The van der Waals surface area contributed by atoms with Crippen molar-refractivity contribution in [3.63, 3.8) is 0 Å². The Morgan fingerprint density at radius 3 is 2.59 bits per heavy atom. The Hall–Kier alpha value is -4.37. The zero-order chi connectivity index (χ0) is 25.9. The number of hydrogen-bond acceptors (Lipinski definition) is 5. The van der Waals surface area contributed by atoms with E-state index in [1.807, 2.05) is 60.8 Å². The van der Waals surface area contributed by atoms with Crippen LogP contribution in [0.4, 0.5) is 11.4 Å². The van der Waals surface area contributed by atoms with Gasteiger partial charge in [-0.3, -0.25) is 9.78 Å². The molecule has 5 rings (SSSR count). The van der Waals surface area contributed by atoms with Gasteiger partial charge in [-0.25, -0.2) is 0 Å². The molecule has 2 aromatic heterocycles. The molecular formula is C28H27N5O3S. The van der Waals surface area contributed by atoms with Crippen LogP contribution in [-0.4, -0.2) is 32.8 Å². The molecule has 0 bridgehead atoms. The lowest BCUT2D eigenvalue weighted by Gasteiger charge is -2.29. The lowest BCUT2D eigenvalue weighted by atomic mass is 10.0. The van der Waals surface area contributed by atoms with Gasteiger partial charge in [0, 0.05) is 41.9 Å². The zero-order valence-corrected chi connectivity index (χ0v) is 21.3. The van der Waals surface area contributed by atoms with E-state index in [2.05, 4.69) is 31.2 Å². The average Bonchev–Trinajstić information content (AvgIpc) is 3.54. The fraction of sp³-hybridized carbons (Fsp3) is 0.179. The minimum atomic E-state index is -0.257. The molecule has 1 aliphatic heterocycles. The number of phenols is 1. The number of amides is 1. The van der Waals surface area contributed by atoms with Crippen LogP contribution in [0.25, 0.3) is 5.69 Å². The van der Waals surface area contributed by atoms with Crippen LogP contribution in [0.15, 0.2) is 85.2 Å². The summed E-state index contributed by atoms with van der Waals surface area (Å²) < 4.78 is 7.70. The molecule has 9 heteroatoms. The second-order valence-corrected chi connectivity index (χ2v) is 8.99. The van der Waals surface area contributed by atoms with E-state index < -0.39 is 0 Å². The maximum atomic E-state index is 12.0. The molecule has 1 saturated heterocycles. The highest BCUT2D eigenvalue weighted by molar-refractivity contribution is 7.80. The van der Waals surface area contributed by atoms with Gasteiger partial charge in [0.1, 0.15) is 17.5 Å². The van der Waals surface area contributed by atoms with E-state index in [4.69, 9.17) is 17.0 Å². The van der Waals surface area contributed by atoms with Crippen molar-refractivity contribution in [2.75, 3.05) is 17.3 Å². The number of benzene rings is 2. The number of thiocarbonyl (C=S) groups is 1. The summed E-state index contributed by atoms with van der Waals surface area (Å²) >= 11 is 5.86. The summed E-state index contributed by atoms with van der Waals surface area (Å²) in [5, 5.41) is 16.7. The number of anilines is 2. The normalized spacial score (nSPS) is 16.9. The van der Waals surface area contributed by atoms with Crippen LogP contribution in [0.1, 0.15) is 36.8 Å². The largest absolute Gasteiger partial charge is 0.508 e. The number of nitrogens with zero attached hydrogens (tertiary/aromatic N) is 3. The Balaban J connectivity index is 1.62. The van der Waals surface area contributed by atoms with E-state index in [9.17, 15) is 9.90 Å². The third-order valence-electron chi connectivity index (χ3n) is 6.37. The maximum absolute atomic E-state index is 12.0. The molecule has 2 aromatic carbocycles. The van der Waals surface area contributed by atoms with Gasteiger partial charge in [0.25, 0.3) is 0 Å². The first-order chi connectivity index (χ1) is 18.0. The smallest absolute Gasteiger partial charge is 0.224 e. The van der Waals surface area contributed by atoms with Crippen molar-refractivity contribution >= 4 is 34.6 Å². The van der Waals surface area contributed by atoms with Gasteiger partial charge in [-0.05, 0) is 72.9 Å². The molecule has 3 N–H and O–H groups in total. The molecule has 0 aliphatic carbocycles. The fourth-order valence-electron chi connectivity index (χ4n) is 4.59. The quantitative estimate of drug-likeness (QED) is 0.296. The lowest BCUT2D eigenvalue weighted by Crippen LogP contribution is -2.30. The van der Waals surface area contributed by atoms with E-state index in [1.165, 1.54) is 0 Å². The van der Waals surface area contributed by atoms with Gasteiger partial charge in [-0.1, -0.05) is 13.0 Å². The summed E-state index contributed by atoms with van der Waals surface area (Å²) in [6.45, 7) is 1.80. The molecule has 0 radical (unpaired) electrons. The number of hydrogen-bond donors (Lipinski definition) is 3. The number of rotatable bonds is 7. The highest BCUT2D eigenvalue weighted by Crippen LogP contribution is 2.44. The summed E-state index contributed by atoms with van der Waals surface area (Å²) in [6, 6.07) is 22.1. The summed E-state index contributed by atoms with van der Waals surface area (Å²) in [7, 11) is 1.57. The van der Waals surface area contributed by atoms with Gasteiger partial charge in [-0.15, -0.1) is 0 Å². The van der Waals surface area contributed by atoms with Gasteiger partial charge < -0.3 is 29.9 Å². The Morgan fingerprint density at radius 1 is 1.11 bits per heavy atom. The van der Waals surface area contributed by atoms with Crippen molar-refractivity contribution < 1.29 is 14.6 Å². The highest BCUT2D eigenvalue weighted by Gasteiger charge is 2.42. The molecule has 0 spiro atoms. The van der Waals surface area contributed by atoms with E-state index in [0.717, 1.165) is 22.8 Å². The number of carbonyl (C=O) groups excluding carboxylic acids is 1. The SMILES string of the molecule is CCC(=O)Nc1ccc(N2C(=S)NC(c3ccccn3)C2c2cccn2-c2ccc(O)cc2)cc1OC. The molecular weight excluding hydrogens is 486 g/mol. The zero-order valence-electron chi connectivity index (χ0n) is 20.5. The molecule has 188 valence electrons. The third kappa shape index (κ3) is 4.73. The molecule has 8 nitrogen and oxygen atoms in total. The van der Waals surface area contributed by atoms with Crippen LogP contribution in [-0.2, 0) is 4.79 Å². The van der Waals surface area contributed by atoms with Crippen molar-refractivity contribution in [2.45, 2.75) is 25.4 Å². The Labute approximate surface area is 220 Å². The minimum Gasteiger partial charge on any atom is -0.508 e. The highest BCUT2D eigenvalue weighted by atomic mass is 32.1. The van der Waals surface area contributed by atoms with E-state index in [0.29, 0.717) is 23.0 Å². The number of nitrogens with one attached hydrogen (secondary N) is 2. The second kappa shape index (κ2) is 10.3. The standard InChI is InChI=1S/C28H27N5O3S/c1-3-25(35)30-21-14-11-19(17-24(21)36-2)33-27(26(31-28(33)37)22-7-4-5-15-29-22)23-8-6-16-32(23)18-9-12-20(34)13-10-18/h4-17,26-27,34H,3H2,1-2H3,(H,30,35)(H,31,37). The van der Waals surface area contributed by atoms with Gasteiger partial charge >= 0.3 is 0 Å². The van der Waals surface area contributed by atoms with Crippen LogP contribution in [0.3, 0.4) is 0 Å². The molecule has 1 aliphatic rings. The predicted octanol–water partition coefficient (Wildman–Crippen LogP) is 5.11. The van der Waals surface area contributed by atoms with Crippen molar-refractivity contribution in [3.8, 4) is 17.2 Å². The lowest BCUT2D eigenvalue weighted by molar-refractivity contribution is -0.115. The maximum Gasteiger partial charge on any atom is 0.224 e. The number of ether oxygens (including phenoxy) is 1. The molecule has 37 heavy (non-hydrogen) atoms. The summed E-state index contributed by atoms with van der Waals surface area (Å²) in [5.74, 6) is 0.650. The molecule has 2 unspecified atom stereocenters. The van der Waals surface area contributed by atoms with Crippen molar-refractivity contribution in [2.24, 2.45) is 0 Å². The van der Waals surface area contributed by atoms with Crippen LogP contribution < -0.4 is 20.3 Å². The first kappa shape index (κ1) is 24.3. The average molecular weight is 514 g/mol. The summed E-state index contributed by atoms with van der Waals surface area (Å²) in [6.07, 6.45) is 4.13. The minimum absolute atomic E-state index is 0.0933.